The number of anilines is 1. The lowest BCUT2D eigenvalue weighted by molar-refractivity contribution is -0.116. The Morgan fingerprint density at radius 2 is 1.86 bits per heavy atom. The first-order valence-corrected chi connectivity index (χ1v) is 19.3. The molecule has 50 heavy (non-hydrogen) atoms. The van der Waals surface area contributed by atoms with E-state index >= 15 is 0 Å². The first-order chi connectivity index (χ1) is 23.8. The highest BCUT2D eigenvalue weighted by molar-refractivity contribution is 7.89. The third-order valence-corrected chi connectivity index (χ3v) is 11.7. The number of ether oxygens (including phenoxy) is 3. The van der Waals surface area contributed by atoms with Crippen molar-refractivity contribution in [2.75, 3.05) is 58.4 Å². The maximum Gasteiger partial charge on any atom is 0.407 e. The molecule has 0 radical (unpaired) electrons. The molecule has 5 rings (SSSR count). The van der Waals surface area contributed by atoms with Crippen molar-refractivity contribution in [3.8, 4) is 0 Å². The summed E-state index contributed by atoms with van der Waals surface area (Å²) in [6.45, 7) is 7.25. The first kappa shape index (κ1) is 38.1. The van der Waals surface area contributed by atoms with Crippen LogP contribution in [0.2, 0.25) is 0 Å². The number of aromatic nitrogens is 1. The molecule has 2 aliphatic rings. The van der Waals surface area contributed by atoms with Crippen molar-refractivity contribution in [1.82, 2.24) is 19.5 Å². The van der Waals surface area contributed by atoms with E-state index in [1.807, 2.05) is 63.2 Å². The molecular formula is C35H49N5O8S2. The van der Waals surface area contributed by atoms with E-state index in [1.165, 1.54) is 28.6 Å². The Morgan fingerprint density at radius 3 is 2.56 bits per heavy atom. The smallest absolute Gasteiger partial charge is 0.407 e. The normalized spacial score (nSPS) is 20.4. The van der Waals surface area contributed by atoms with Crippen molar-refractivity contribution < 1.29 is 37.3 Å². The third kappa shape index (κ3) is 9.57. The van der Waals surface area contributed by atoms with E-state index in [4.69, 9.17) is 14.2 Å². The molecule has 2 aromatic carbocycles. The summed E-state index contributed by atoms with van der Waals surface area (Å²) in [4.78, 5) is 34.0. The maximum atomic E-state index is 14.2. The summed E-state index contributed by atoms with van der Waals surface area (Å²) in [5.41, 5.74) is 1.45. The molecule has 1 aromatic heterocycles. The molecule has 3 heterocycles. The van der Waals surface area contributed by atoms with Gasteiger partial charge >= 0.3 is 6.09 Å². The second-order valence-electron chi connectivity index (χ2n) is 13.6. The van der Waals surface area contributed by atoms with E-state index in [0.29, 0.717) is 28.5 Å². The number of thiazole rings is 1. The molecule has 274 valence electrons. The Kier molecular flexibility index (Phi) is 12.9. The highest BCUT2D eigenvalue weighted by atomic mass is 32.2. The van der Waals surface area contributed by atoms with E-state index in [0.717, 1.165) is 24.9 Å². The average molecular weight is 732 g/mol. The topological polar surface area (TPSA) is 151 Å². The van der Waals surface area contributed by atoms with Gasteiger partial charge in [0.15, 0.2) is 11.4 Å². The van der Waals surface area contributed by atoms with Crippen LogP contribution >= 0.6 is 11.3 Å². The minimum absolute atomic E-state index is 0.0505. The molecule has 2 aliphatic heterocycles. The zero-order valence-corrected chi connectivity index (χ0v) is 31.0. The third-order valence-electron chi connectivity index (χ3n) is 8.85. The number of nitrogens with one attached hydrogen (secondary N) is 1. The van der Waals surface area contributed by atoms with Crippen molar-refractivity contribution in [3.63, 3.8) is 0 Å². The molecule has 0 saturated carbocycles. The van der Waals surface area contributed by atoms with Gasteiger partial charge < -0.3 is 29.5 Å². The molecule has 2 amide bonds. The molecule has 5 atom stereocenters. The number of aliphatic hydroxyl groups is 1. The minimum Gasteiger partial charge on any atom is -0.443 e. The molecule has 0 aliphatic carbocycles. The van der Waals surface area contributed by atoms with Crippen molar-refractivity contribution >= 4 is 48.7 Å². The lowest BCUT2D eigenvalue weighted by atomic mass is 10.0. The lowest BCUT2D eigenvalue weighted by Gasteiger charge is -2.31. The summed E-state index contributed by atoms with van der Waals surface area (Å²) in [7, 11) is -0.160. The van der Waals surface area contributed by atoms with Crippen molar-refractivity contribution in [2.45, 2.75) is 69.5 Å². The monoisotopic (exact) mass is 731 g/mol. The fraction of sp³-hybridized carbons (Fsp3) is 0.571. The van der Waals surface area contributed by atoms with Gasteiger partial charge in [-0.05, 0) is 69.6 Å². The number of fused-ring (bicyclic) bond motifs is 2. The Hall–Kier alpha value is -3.18. The summed E-state index contributed by atoms with van der Waals surface area (Å²) < 4.78 is 47.2. The van der Waals surface area contributed by atoms with Crippen molar-refractivity contribution in [1.29, 1.82) is 0 Å². The Labute approximate surface area is 298 Å². The Morgan fingerprint density at radius 1 is 1.10 bits per heavy atom. The van der Waals surface area contributed by atoms with Crippen LogP contribution in [-0.2, 0) is 35.4 Å². The van der Waals surface area contributed by atoms with Crippen molar-refractivity contribution in [2.24, 2.45) is 11.8 Å². The standard InChI is InChI=1S/C35H49N5O8S2/c1-23(2)20-39(50(44,45)26-12-13-28-32(19-26)49-34(36-28)40(24(3)41)16-9-15-38(4)5)21-30(42)29(18-25-10-7-6-8-11-25)37-35(43)48-31-22-47-33-27(31)14-17-46-33/h6-8,10-13,19,23,27,29-31,33,42H,9,14-18,20-22H2,1-5H3,(H,37,43)/t27-,29-,30+,31-,33+/m0/s1. The molecule has 3 aromatic rings. The van der Waals surface area contributed by atoms with Gasteiger partial charge in [-0.3, -0.25) is 9.69 Å². The largest absolute Gasteiger partial charge is 0.443 e. The number of rotatable bonds is 16. The SMILES string of the molecule is CC(=O)N(CCCN(C)C)c1nc2ccc(S(=O)(=O)N(CC(C)C)C[C@@H](O)[C@H](Cc3ccccc3)NC(=O)O[C@H]3CO[C@H]4OCC[C@H]43)cc2s1. The minimum atomic E-state index is -4.11. The van der Waals surface area contributed by atoms with Gasteiger partial charge in [-0.25, -0.2) is 18.2 Å². The fourth-order valence-corrected chi connectivity index (χ4v) is 9.08. The number of hydrogen-bond acceptors (Lipinski definition) is 11. The average Bonchev–Trinajstić information content (AvgIpc) is 3.79. The summed E-state index contributed by atoms with van der Waals surface area (Å²) >= 11 is 1.26. The van der Waals surface area contributed by atoms with Gasteiger partial charge in [0.25, 0.3) is 0 Å². The van der Waals surface area contributed by atoms with Gasteiger partial charge in [-0.2, -0.15) is 4.31 Å². The summed E-state index contributed by atoms with van der Waals surface area (Å²) in [6.07, 6.45) is -1.11. The zero-order chi connectivity index (χ0) is 36.0. The highest BCUT2D eigenvalue weighted by Gasteiger charge is 2.44. The second kappa shape index (κ2) is 16.9. The van der Waals surface area contributed by atoms with Gasteiger partial charge in [-0.1, -0.05) is 55.5 Å². The molecule has 0 spiro atoms. The molecule has 15 heteroatoms. The first-order valence-electron chi connectivity index (χ1n) is 17.1. The van der Waals surface area contributed by atoms with Crippen LogP contribution < -0.4 is 10.2 Å². The van der Waals surface area contributed by atoms with E-state index < -0.39 is 34.4 Å². The van der Waals surface area contributed by atoms with E-state index in [1.54, 1.807) is 17.0 Å². The van der Waals surface area contributed by atoms with Crippen LogP contribution in [0.4, 0.5) is 9.93 Å². The van der Waals surface area contributed by atoms with Gasteiger partial charge in [0, 0.05) is 26.6 Å². The fourth-order valence-electron chi connectivity index (χ4n) is 6.29. The predicted molar refractivity (Wildman–Crippen MR) is 192 cm³/mol. The summed E-state index contributed by atoms with van der Waals surface area (Å²) in [6, 6.07) is 13.2. The van der Waals surface area contributed by atoms with Crippen LogP contribution in [0.1, 0.15) is 39.2 Å². The van der Waals surface area contributed by atoms with Crippen LogP contribution in [-0.4, -0.2) is 118 Å². The molecule has 13 nitrogen and oxygen atoms in total. The summed E-state index contributed by atoms with van der Waals surface area (Å²) in [5, 5.41) is 15.0. The Balaban J connectivity index is 1.35. The van der Waals surface area contributed by atoms with Crippen LogP contribution in [0.15, 0.2) is 53.4 Å². The molecule has 2 fully saturated rings. The zero-order valence-electron chi connectivity index (χ0n) is 29.4. The molecule has 2 N–H and O–H groups in total. The summed E-state index contributed by atoms with van der Waals surface area (Å²) in [5.74, 6) is -0.245. The number of carbonyl (C=O) groups excluding carboxylic acids is 2. The number of nitrogens with zero attached hydrogens (tertiary/aromatic N) is 4. The number of amides is 2. The van der Waals surface area contributed by atoms with Crippen LogP contribution in [0, 0.1) is 11.8 Å². The number of carbonyl (C=O) groups is 2. The quantitative estimate of drug-likeness (QED) is 0.223. The number of aliphatic hydroxyl groups excluding tert-OH is 1. The number of sulfonamides is 1. The number of benzene rings is 2. The van der Waals surface area contributed by atoms with Gasteiger partial charge in [-0.15, -0.1) is 0 Å². The van der Waals surface area contributed by atoms with Crippen LogP contribution in [0.3, 0.4) is 0 Å². The van der Waals surface area contributed by atoms with Gasteiger partial charge in [0.2, 0.25) is 15.9 Å². The molecule has 0 bridgehead atoms. The predicted octanol–water partition coefficient (Wildman–Crippen LogP) is 3.71. The number of alkyl carbamates (subject to hydrolysis) is 1. The highest BCUT2D eigenvalue weighted by Crippen LogP contribution is 2.34. The van der Waals surface area contributed by atoms with E-state index in [2.05, 4.69) is 10.3 Å². The van der Waals surface area contributed by atoms with Crippen LogP contribution in [0.5, 0.6) is 0 Å². The van der Waals surface area contributed by atoms with Gasteiger partial charge in [0.05, 0.1) is 46.4 Å². The van der Waals surface area contributed by atoms with Gasteiger partial charge in [0.1, 0.15) is 6.10 Å². The van der Waals surface area contributed by atoms with E-state index in [9.17, 15) is 23.1 Å². The van der Waals surface area contributed by atoms with Crippen molar-refractivity contribution in [3.05, 3.63) is 54.1 Å². The van der Waals surface area contributed by atoms with Crippen LogP contribution in [0.25, 0.3) is 10.2 Å². The van der Waals surface area contributed by atoms with E-state index in [-0.39, 0.29) is 55.0 Å². The Bertz CT molecular complexity index is 1700. The molecular weight excluding hydrogens is 683 g/mol. The second-order valence-corrected chi connectivity index (χ2v) is 16.6. The number of hydrogen-bond donors (Lipinski definition) is 2. The molecule has 2 saturated heterocycles. The lowest BCUT2D eigenvalue weighted by Crippen LogP contribution is -2.51. The molecule has 0 unspecified atom stereocenters. The maximum absolute atomic E-state index is 14.2.